The standard InChI is InChI=1S/C14H13N3O5/c1-15(2)10-4-3-5-13(7-10)22-14-8-11(16(18)19)6-12(9-14)17(20)21/h3-9H,1-2H3. The zero-order valence-corrected chi connectivity index (χ0v) is 11.9. The van der Waals surface area contributed by atoms with Gasteiger partial charge in [-0.1, -0.05) is 6.07 Å². The first-order valence-corrected chi connectivity index (χ1v) is 6.26. The molecule has 2 aromatic rings. The molecule has 0 atom stereocenters. The lowest BCUT2D eigenvalue weighted by Crippen LogP contribution is -2.08. The van der Waals surface area contributed by atoms with Gasteiger partial charge in [-0.2, -0.15) is 0 Å². The fourth-order valence-corrected chi connectivity index (χ4v) is 1.80. The number of anilines is 1. The first-order chi connectivity index (χ1) is 10.4. The van der Waals surface area contributed by atoms with Crippen LogP contribution in [0.5, 0.6) is 11.5 Å². The van der Waals surface area contributed by atoms with Crippen LogP contribution in [0.1, 0.15) is 0 Å². The predicted molar refractivity (Wildman–Crippen MR) is 80.6 cm³/mol. The Morgan fingerprint density at radius 1 is 0.909 bits per heavy atom. The number of ether oxygens (including phenoxy) is 1. The minimum Gasteiger partial charge on any atom is -0.457 e. The fourth-order valence-electron chi connectivity index (χ4n) is 1.80. The molecule has 8 heteroatoms. The Labute approximate surface area is 125 Å². The minimum atomic E-state index is -0.698. The van der Waals surface area contributed by atoms with Gasteiger partial charge in [0.2, 0.25) is 0 Å². The van der Waals surface area contributed by atoms with Gasteiger partial charge < -0.3 is 9.64 Å². The zero-order chi connectivity index (χ0) is 16.3. The number of rotatable bonds is 5. The van der Waals surface area contributed by atoms with Gasteiger partial charge in [-0.15, -0.1) is 0 Å². The van der Waals surface area contributed by atoms with Crippen molar-refractivity contribution in [3.8, 4) is 11.5 Å². The molecular formula is C14H13N3O5. The summed E-state index contributed by atoms with van der Waals surface area (Å²) in [4.78, 5) is 22.2. The number of benzene rings is 2. The molecular weight excluding hydrogens is 290 g/mol. The van der Waals surface area contributed by atoms with E-state index in [-0.39, 0.29) is 5.75 Å². The molecule has 0 aliphatic rings. The number of nitrogens with zero attached hydrogens (tertiary/aromatic N) is 3. The largest absolute Gasteiger partial charge is 0.457 e. The molecule has 8 nitrogen and oxygen atoms in total. The molecule has 0 aliphatic heterocycles. The third kappa shape index (κ3) is 3.48. The molecule has 0 saturated carbocycles. The Morgan fingerprint density at radius 3 is 2.00 bits per heavy atom. The van der Waals surface area contributed by atoms with Crippen LogP contribution in [-0.2, 0) is 0 Å². The topological polar surface area (TPSA) is 98.8 Å². The highest BCUT2D eigenvalue weighted by Crippen LogP contribution is 2.31. The maximum absolute atomic E-state index is 10.8. The fraction of sp³-hybridized carbons (Fsp3) is 0.143. The first kappa shape index (κ1) is 15.2. The van der Waals surface area contributed by atoms with Crippen molar-refractivity contribution >= 4 is 17.1 Å². The van der Waals surface area contributed by atoms with Gasteiger partial charge in [-0.05, 0) is 12.1 Å². The van der Waals surface area contributed by atoms with Gasteiger partial charge in [0.1, 0.15) is 11.5 Å². The van der Waals surface area contributed by atoms with Gasteiger partial charge in [0.15, 0.2) is 0 Å². The molecule has 0 N–H and O–H groups in total. The average molecular weight is 303 g/mol. The molecule has 114 valence electrons. The predicted octanol–water partition coefficient (Wildman–Crippen LogP) is 3.36. The van der Waals surface area contributed by atoms with Crippen molar-refractivity contribution in [1.82, 2.24) is 0 Å². The summed E-state index contributed by atoms with van der Waals surface area (Å²) in [6.07, 6.45) is 0. The Kier molecular flexibility index (Phi) is 4.21. The summed E-state index contributed by atoms with van der Waals surface area (Å²) in [6.45, 7) is 0. The molecule has 22 heavy (non-hydrogen) atoms. The summed E-state index contributed by atoms with van der Waals surface area (Å²) in [5.41, 5.74) is 0.0818. The van der Waals surface area contributed by atoms with Crippen molar-refractivity contribution in [2.75, 3.05) is 19.0 Å². The summed E-state index contributed by atoms with van der Waals surface area (Å²) in [7, 11) is 3.72. The van der Waals surface area contributed by atoms with Crippen molar-refractivity contribution in [2.45, 2.75) is 0 Å². The van der Waals surface area contributed by atoms with E-state index in [9.17, 15) is 20.2 Å². The van der Waals surface area contributed by atoms with Crippen molar-refractivity contribution in [2.24, 2.45) is 0 Å². The monoisotopic (exact) mass is 303 g/mol. The summed E-state index contributed by atoms with van der Waals surface area (Å²) in [5, 5.41) is 21.7. The van der Waals surface area contributed by atoms with Crippen LogP contribution in [0.15, 0.2) is 42.5 Å². The van der Waals surface area contributed by atoms with E-state index < -0.39 is 21.2 Å². The van der Waals surface area contributed by atoms with Gasteiger partial charge in [0.05, 0.1) is 28.0 Å². The quantitative estimate of drug-likeness (QED) is 0.620. The van der Waals surface area contributed by atoms with E-state index in [0.29, 0.717) is 5.75 Å². The van der Waals surface area contributed by atoms with Gasteiger partial charge in [0.25, 0.3) is 11.4 Å². The van der Waals surface area contributed by atoms with Crippen molar-refractivity contribution in [3.63, 3.8) is 0 Å². The van der Waals surface area contributed by atoms with Crippen LogP contribution in [-0.4, -0.2) is 23.9 Å². The third-order valence-corrected chi connectivity index (χ3v) is 2.87. The normalized spacial score (nSPS) is 10.1. The summed E-state index contributed by atoms with van der Waals surface area (Å²) in [6, 6.07) is 10.2. The lowest BCUT2D eigenvalue weighted by atomic mass is 10.2. The summed E-state index contributed by atoms with van der Waals surface area (Å²) in [5.74, 6) is 0.470. The molecule has 0 aromatic heterocycles. The molecule has 0 heterocycles. The van der Waals surface area contributed by atoms with Crippen molar-refractivity contribution in [3.05, 3.63) is 62.7 Å². The second-order valence-electron chi connectivity index (χ2n) is 4.69. The summed E-state index contributed by atoms with van der Waals surface area (Å²) < 4.78 is 5.52. The number of hydrogen-bond acceptors (Lipinski definition) is 6. The lowest BCUT2D eigenvalue weighted by Gasteiger charge is -2.13. The van der Waals surface area contributed by atoms with E-state index >= 15 is 0 Å². The van der Waals surface area contributed by atoms with E-state index in [1.54, 1.807) is 18.2 Å². The molecule has 2 rings (SSSR count). The molecule has 0 fully saturated rings. The zero-order valence-electron chi connectivity index (χ0n) is 11.9. The molecule has 0 unspecified atom stereocenters. The molecule has 2 aromatic carbocycles. The average Bonchev–Trinajstić information content (AvgIpc) is 2.47. The van der Waals surface area contributed by atoms with Gasteiger partial charge in [-0.25, -0.2) is 0 Å². The Balaban J connectivity index is 2.38. The minimum absolute atomic E-state index is 0.0387. The van der Waals surface area contributed by atoms with Crippen LogP contribution < -0.4 is 9.64 Å². The SMILES string of the molecule is CN(C)c1cccc(Oc2cc([N+](=O)[O-])cc([N+](=O)[O-])c2)c1. The van der Waals surface area contributed by atoms with Gasteiger partial charge in [0, 0.05) is 25.8 Å². The van der Waals surface area contributed by atoms with Crippen LogP contribution in [0.2, 0.25) is 0 Å². The van der Waals surface area contributed by atoms with E-state index in [1.807, 2.05) is 25.1 Å². The molecule has 0 radical (unpaired) electrons. The second-order valence-corrected chi connectivity index (χ2v) is 4.69. The Morgan fingerprint density at radius 2 is 1.50 bits per heavy atom. The van der Waals surface area contributed by atoms with Crippen LogP contribution in [0.4, 0.5) is 17.1 Å². The van der Waals surface area contributed by atoms with Crippen LogP contribution in [0.3, 0.4) is 0 Å². The van der Waals surface area contributed by atoms with E-state index in [4.69, 9.17) is 4.74 Å². The second kappa shape index (κ2) is 6.08. The molecule has 0 amide bonds. The number of nitro groups is 2. The van der Waals surface area contributed by atoms with Crippen LogP contribution >= 0.6 is 0 Å². The highest BCUT2D eigenvalue weighted by atomic mass is 16.6. The van der Waals surface area contributed by atoms with Crippen LogP contribution in [0, 0.1) is 20.2 Å². The van der Waals surface area contributed by atoms with Crippen molar-refractivity contribution < 1.29 is 14.6 Å². The number of hydrogen-bond donors (Lipinski definition) is 0. The maximum Gasteiger partial charge on any atom is 0.280 e. The van der Waals surface area contributed by atoms with Crippen LogP contribution in [0.25, 0.3) is 0 Å². The molecule has 0 saturated heterocycles. The summed E-state index contributed by atoms with van der Waals surface area (Å²) >= 11 is 0. The molecule has 0 bridgehead atoms. The lowest BCUT2D eigenvalue weighted by molar-refractivity contribution is -0.394. The molecule has 0 aliphatic carbocycles. The number of non-ortho nitro benzene ring substituents is 2. The van der Waals surface area contributed by atoms with Crippen molar-refractivity contribution in [1.29, 1.82) is 0 Å². The first-order valence-electron chi connectivity index (χ1n) is 6.26. The van der Waals surface area contributed by atoms with Gasteiger partial charge >= 0.3 is 0 Å². The maximum atomic E-state index is 10.8. The van der Waals surface area contributed by atoms with E-state index in [0.717, 1.165) is 23.9 Å². The molecule has 0 spiro atoms. The number of nitro benzene ring substituents is 2. The highest BCUT2D eigenvalue weighted by molar-refractivity contribution is 5.53. The third-order valence-electron chi connectivity index (χ3n) is 2.87. The highest BCUT2D eigenvalue weighted by Gasteiger charge is 2.17. The van der Waals surface area contributed by atoms with E-state index in [2.05, 4.69) is 0 Å². The van der Waals surface area contributed by atoms with E-state index in [1.165, 1.54) is 0 Å². The Hall–Kier alpha value is -3.16. The Bertz CT molecular complexity index is 698. The smallest absolute Gasteiger partial charge is 0.280 e. The van der Waals surface area contributed by atoms with Gasteiger partial charge in [-0.3, -0.25) is 20.2 Å².